The number of rotatable bonds is 4. The van der Waals surface area contributed by atoms with Gasteiger partial charge >= 0.3 is 23.1 Å². The Labute approximate surface area is 122 Å². The number of benzene rings is 1. The van der Waals surface area contributed by atoms with Gasteiger partial charge in [-0.1, -0.05) is 38.9 Å². The smallest absolute Gasteiger partial charge is 1.00 e. The topological polar surface area (TPSA) is 0 Å². The molecule has 0 aliphatic carbocycles. The SMILES string of the molecule is CC[Si](CC)(CC)c1cc[c-]cc1.[Br-].[Mg+2]. The van der Waals surface area contributed by atoms with Gasteiger partial charge in [-0.05, 0) is 0 Å². The van der Waals surface area contributed by atoms with E-state index in [2.05, 4.69) is 51.1 Å². The molecule has 0 fully saturated rings. The Hall–Kier alpha value is 0.683. The molecule has 0 spiro atoms. The van der Waals surface area contributed by atoms with Crippen LogP contribution in [0.2, 0.25) is 18.1 Å². The quantitative estimate of drug-likeness (QED) is 0.534. The van der Waals surface area contributed by atoms with Gasteiger partial charge < -0.3 is 17.0 Å². The van der Waals surface area contributed by atoms with Crippen LogP contribution in [-0.2, 0) is 0 Å². The van der Waals surface area contributed by atoms with E-state index in [1.165, 1.54) is 18.1 Å². The van der Waals surface area contributed by atoms with Crippen molar-refractivity contribution in [2.24, 2.45) is 0 Å². The first-order chi connectivity index (χ1) is 6.29. The second-order valence-corrected chi connectivity index (χ2v) is 8.89. The van der Waals surface area contributed by atoms with Gasteiger partial charge in [-0.3, -0.25) is 0 Å². The summed E-state index contributed by atoms with van der Waals surface area (Å²) in [6.07, 6.45) is 0. The van der Waals surface area contributed by atoms with Crippen molar-refractivity contribution in [2.45, 2.75) is 38.9 Å². The van der Waals surface area contributed by atoms with Crippen molar-refractivity contribution in [3.8, 4) is 0 Å². The molecule has 3 heteroatoms. The van der Waals surface area contributed by atoms with Gasteiger partial charge in [0.2, 0.25) is 0 Å². The van der Waals surface area contributed by atoms with Crippen molar-refractivity contribution in [1.29, 1.82) is 0 Å². The predicted octanol–water partition coefficient (Wildman–Crippen LogP) is -0.175. The van der Waals surface area contributed by atoms with Crippen molar-refractivity contribution in [1.82, 2.24) is 0 Å². The van der Waals surface area contributed by atoms with E-state index in [4.69, 9.17) is 0 Å². The summed E-state index contributed by atoms with van der Waals surface area (Å²) in [5.74, 6) is 0. The third kappa shape index (κ3) is 4.21. The maximum absolute atomic E-state index is 3.10. The molecule has 0 heterocycles. The van der Waals surface area contributed by atoms with Gasteiger partial charge in [0.15, 0.2) is 0 Å². The van der Waals surface area contributed by atoms with E-state index in [0.29, 0.717) is 0 Å². The third-order valence-electron chi connectivity index (χ3n) is 3.36. The van der Waals surface area contributed by atoms with E-state index in [0.717, 1.165) is 0 Å². The van der Waals surface area contributed by atoms with Gasteiger partial charge in [-0.25, -0.2) is 0 Å². The Morgan fingerprint density at radius 1 is 1.00 bits per heavy atom. The van der Waals surface area contributed by atoms with E-state index in [1.807, 2.05) is 0 Å². The monoisotopic (exact) mass is 294 g/mol. The second-order valence-electron chi connectivity index (χ2n) is 3.63. The van der Waals surface area contributed by atoms with Crippen molar-refractivity contribution >= 4 is 36.3 Å². The Kier molecular flexibility index (Phi) is 10.6. The fraction of sp³-hybridized carbons (Fsp3) is 0.500. The zero-order valence-electron chi connectivity index (χ0n) is 10.0. The van der Waals surface area contributed by atoms with Gasteiger partial charge in [0.05, 0.1) is 8.07 Å². The standard InChI is InChI=1S/C12H19Si.BrH.Mg/c1-4-13(5-2,6-3)12-10-8-7-9-11-12;;/h8-11H,4-6H2,1-3H3;1H;/q-1;;+2/p-1. The molecule has 0 aliphatic rings. The molecule has 0 atom stereocenters. The average Bonchev–Trinajstić information content (AvgIpc) is 2.23. The molecule has 0 aromatic heterocycles. The summed E-state index contributed by atoms with van der Waals surface area (Å²) >= 11 is 0. The Morgan fingerprint density at radius 3 is 1.73 bits per heavy atom. The van der Waals surface area contributed by atoms with E-state index in [1.54, 1.807) is 5.19 Å². The maximum atomic E-state index is 3.10. The summed E-state index contributed by atoms with van der Waals surface area (Å²) in [4.78, 5) is 0. The zero-order valence-corrected chi connectivity index (χ0v) is 14.0. The Morgan fingerprint density at radius 2 is 1.40 bits per heavy atom. The summed E-state index contributed by atoms with van der Waals surface area (Å²) in [5.41, 5.74) is 0. The van der Waals surface area contributed by atoms with E-state index >= 15 is 0 Å². The molecule has 0 nitrogen and oxygen atoms in total. The molecule has 15 heavy (non-hydrogen) atoms. The summed E-state index contributed by atoms with van der Waals surface area (Å²) in [7, 11) is -1.11. The van der Waals surface area contributed by atoms with Gasteiger partial charge in [0.25, 0.3) is 0 Å². The largest absolute Gasteiger partial charge is 2.00 e. The van der Waals surface area contributed by atoms with Crippen LogP contribution in [0.25, 0.3) is 0 Å². The molecule has 0 radical (unpaired) electrons. The number of hydrogen-bond acceptors (Lipinski definition) is 0. The second kappa shape index (κ2) is 8.79. The number of hydrogen-bond donors (Lipinski definition) is 0. The van der Waals surface area contributed by atoms with Crippen LogP contribution in [0.1, 0.15) is 20.8 Å². The van der Waals surface area contributed by atoms with Crippen molar-refractivity contribution in [3.05, 3.63) is 30.3 Å². The molecule has 0 saturated carbocycles. The van der Waals surface area contributed by atoms with Crippen LogP contribution in [0.15, 0.2) is 24.3 Å². The molecular weight excluding hydrogens is 276 g/mol. The van der Waals surface area contributed by atoms with E-state index in [-0.39, 0.29) is 40.0 Å². The molecule has 0 aliphatic heterocycles. The van der Waals surface area contributed by atoms with E-state index < -0.39 is 8.07 Å². The molecule has 1 aromatic rings. The van der Waals surface area contributed by atoms with Crippen LogP contribution in [-0.4, -0.2) is 31.1 Å². The van der Waals surface area contributed by atoms with Crippen LogP contribution in [0.3, 0.4) is 0 Å². The van der Waals surface area contributed by atoms with Crippen molar-refractivity contribution < 1.29 is 17.0 Å². The summed E-state index contributed by atoms with van der Waals surface area (Å²) < 4.78 is 0. The Balaban J connectivity index is 0. The first-order valence-electron chi connectivity index (χ1n) is 5.25. The van der Waals surface area contributed by atoms with Crippen molar-refractivity contribution in [2.75, 3.05) is 0 Å². The molecule has 80 valence electrons. The van der Waals surface area contributed by atoms with Crippen LogP contribution < -0.4 is 22.2 Å². The molecule has 0 saturated heterocycles. The molecule has 0 N–H and O–H groups in total. The fourth-order valence-electron chi connectivity index (χ4n) is 2.10. The van der Waals surface area contributed by atoms with Crippen LogP contribution in [0.5, 0.6) is 0 Å². The molecule has 0 unspecified atom stereocenters. The minimum Gasteiger partial charge on any atom is -1.00 e. The summed E-state index contributed by atoms with van der Waals surface area (Å²) in [6, 6.07) is 15.8. The normalized spacial score (nSPS) is 10.1. The van der Waals surface area contributed by atoms with Crippen LogP contribution in [0.4, 0.5) is 0 Å². The first-order valence-corrected chi connectivity index (χ1v) is 7.87. The van der Waals surface area contributed by atoms with Gasteiger partial charge in [0, 0.05) is 0 Å². The van der Waals surface area contributed by atoms with E-state index in [9.17, 15) is 0 Å². The van der Waals surface area contributed by atoms with Crippen molar-refractivity contribution in [3.63, 3.8) is 0 Å². The molecule has 1 rings (SSSR count). The van der Waals surface area contributed by atoms with Gasteiger partial charge in [-0.15, -0.1) is 0 Å². The fourth-order valence-corrected chi connectivity index (χ4v) is 5.70. The summed E-state index contributed by atoms with van der Waals surface area (Å²) in [5, 5.41) is 1.61. The van der Waals surface area contributed by atoms with Gasteiger partial charge in [-0.2, -0.15) is 35.5 Å². The minimum absolute atomic E-state index is 0. The third-order valence-corrected chi connectivity index (χ3v) is 8.98. The number of halogens is 1. The predicted molar refractivity (Wildman–Crippen MR) is 67.9 cm³/mol. The van der Waals surface area contributed by atoms with Crippen LogP contribution in [0, 0.1) is 6.07 Å². The summed E-state index contributed by atoms with van der Waals surface area (Å²) in [6.45, 7) is 7.03. The Bertz CT molecular complexity index is 239. The maximum Gasteiger partial charge on any atom is 2.00 e. The minimum atomic E-state index is -1.11. The van der Waals surface area contributed by atoms with Gasteiger partial charge in [0.1, 0.15) is 0 Å². The molecule has 0 amide bonds. The first kappa shape index (κ1) is 18.1. The average molecular weight is 296 g/mol. The molecule has 1 aromatic carbocycles. The van der Waals surface area contributed by atoms with Crippen LogP contribution >= 0.6 is 0 Å². The zero-order chi connectivity index (χ0) is 9.73. The molecule has 0 bridgehead atoms. The molecular formula is C12H19BrMgSi.